The number of hydrogen-bond donors (Lipinski definition) is 2. The van der Waals surface area contributed by atoms with Crippen molar-refractivity contribution >= 4 is 36.4 Å². The molecule has 3 heteroatoms. The molecule has 0 heterocycles. The Labute approximate surface area is 193 Å². The summed E-state index contributed by atoms with van der Waals surface area (Å²) in [7, 11) is 0. The number of benzene rings is 2. The lowest BCUT2D eigenvalue weighted by Crippen LogP contribution is -2.20. The molecule has 0 aliphatic rings. The fourth-order valence-corrected chi connectivity index (χ4v) is 3.09. The fourth-order valence-electron chi connectivity index (χ4n) is 2.79. The normalized spacial score (nSPS) is 13.7. The van der Waals surface area contributed by atoms with Crippen molar-refractivity contribution in [2.75, 3.05) is 0 Å². The first-order chi connectivity index (χ1) is 13.8. The summed E-state index contributed by atoms with van der Waals surface area (Å²) in [6, 6.07) is 16.3. The van der Waals surface area contributed by atoms with E-state index in [1.807, 2.05) is 24.3 Å². The van der Waals surface area contributed by atoms with E-state index in [9.17, 15) is 0 Å². The van der Waals surface area contributed by atoms with Crippen molar-refractivity contribution in [3.63, 3.8) is 0 Å². The number of ether oxygens (including phenoxy) is 1. The molecular weight excluding hydrogens is 404 g/mol. The highest BCUT2D eigenvalue weighted by Crippen LogP contribution is 2.37. The average molecular weight is 439 g/mol. The van der Waals surface area contributed by atoms with Crippen molar-refractivity contribution in [1.29, 1.82) is 0 Å². The number of hydrogen-bond acceptors (Lipinski definition) is 3. The molecular formula is C27H34OS2. The Morgan fingerprint density at radius 2 is 1.23 bits per heavy atom. The fraction of sp³-hybridized carbons (Fsp3) is 0.333. The van der Waals surface area contributed by atoms with E-state index >= 15 is 0 Å². The first-order valence-electron chi connectivity index (χ1n) is 10.2. The lowest BCUT2D eigenvalue weighted by Gasteiger charge is -2.28. The summed E-state index contributed by atoms with van der Waals surface area (Å²) >= 11 is 8.88. The Hall–Kier alpha value is -1.84. The molecule has 30 heavy (non-hydrogen) atoms. The van der Waals surface area contributed by atoms with Crippen molar-refractivity contribution in [2.45, 2.75) is 63.9 Å². The lowest BCUT2D eigenvalue weighted by atomic mass is 9.84. The third-order valence-electron chi connectivity index (χ3n) is 4.75. The lowest BCUT2D eigenvalue weighted by molar-refractivity contribution is 0.0631. The molecule has 0 saturated carbocycles. The minimum Gasteiger partial charge on any atom is -0.487 e. The van der Waals surface area contributed by atoms with Gasteiger partial charge >= 0.3 is 0 Å². The summed E-state index contributed by atoms with van der Waals surface area (Å²) < 4.78 is 6.58. The van der Waals surface area contributed by atoms with E-state index in [1.54, 1.807) is 0 Å². The van der Waals surface area contributed by atoms with Crippen LogP contribution in [-0.2, 0) is 4.74 Å². The van der Waals surface area contributed by atoms with Crippen LogP contribution in [0.2, 0.25) is 0 Å². The summed E-state index contributed by atoms with van der Waals surface area (Å²) in [4.78, 5) is 1.86. The Morgan fingerprint density at radius 3 is 1.63 bits per heavy atom. The summed E-state index contributed by atoms with van der Waals surface area (Å²) in [6.45, 7) is 19.2. The Balaban J connectivity index is 2.79. The minimum atomic E-state index is -0.355. The van der Waals surface area contributed by atoms with Gasteiger partial charge in [0, 0.05) is 15.4 Å². The van der Waals surface area contributed by atoms with Crippen LogP contribution in [0.4, 0.5) is 0 Å². The van der Waals surface area contributed by atoms with Crippen molar-refractivity contribution in [1.82, 2.24) is 0 Å². The van der Waals surface area contributed by atoms with Crippen LogP contribution in [0.25, 0.3) is 11.1 Å². The third-order valence-corrected chi connectivity index (χ3v) is 5.35. The molecule has 0 saturated heterocycles. The van der Waals surface area contributed by atoms with Crippen molar-refractivity contribution in [2.24, 2.45) is 5.41 Å². The summed E-state index contributed by atoms with van der Waals surface area (Å²) in [6.07, 6.45) is 2.16. The first kappa shape index (κ1) is 24.4. The highest BCUT2D eigenvalue weighted by atomic mass is 32.1. The Bertz CT molecular complexity index is 948. The third kappa shape index (κ3) is 6.85. The second kappa shape index (κ2) is 9.53. The summed E-state index contributed by atoms with van der Waals surface area (Å²) in [5, 5.41) is 0. The van der Waals surface area contributed by atoms with Crippen molar-refractivity contribution < 1.29 is 4.74 Å². The molecule has 2 aromatic rings. The standard InChI is InChI=1S/C27H34OS2/c1-18(26(3,4)5)17-24(21-11-15-23(30)16-12-21)25(28-27(6,7)8)19(2)20-9-13-22(29)14-10-20/h9-17,29-30H,1H2,2-8H3/b24-17-,25-19-. The molecule has 0 amide bonds. The van der Waals surface area contributed by atoms with Crippen LogP contribution in [0.3, 0.4) is 0 Å². The van der Waals surface area contributed by atoms with Gasteiger partial charge < -0.3 is 4.74 Å². The first-order valence-corrected chi connectivity index (χ1v) is 11.1. The summed E-state index contributed by atoms with van der Waals surface area (Å²) in [5.41, 5.74) is 4.90. The second-order valence-corrected chi connectivity index (χ2v) is 10.6. The van der Waals surface area contributed by atoms with Gasteiger partial charge in [-0.05, 0) is 85.7 Å². The monoisotopic (exact) mass is 438 g/mol. The SMILES string of the molecule is C=C(/C=C(\C(OC(C)(C)C)=C(/C)c1ccc(S)cc1)c1ccc(S)cc1)C(C)(C)C. The Morgan fingerprint density at radius 1 is 0.800 bits per heavy atom. The van der Waals surface area contributed by atoms with Crippen molar-refractivity contribution in [3.05, 3.63) is 83.6 Å². The van der Waals surface area contributed by atoms with E-state index in [2.05, 4.69) is 111 Å². The second-order valence-electron chi connectivity index (χ2n) is 9.60. The van der Waals surface area contributed by atoms with Crippen LogP contribution in [0, 0.1) is 5.41 Å². The van der Waals surface area contributed by atoms with Crippen LogP contribution in [0.1, 0.15) is 59.6 Å². The van der Waals surface area contributed by atoms with Gasteiger partial charge in [0.15, 0.2) is 0 Å². The zero-order valence-corrected chi connectivity index (χ0v) is 21.0. The molecule has 2 rings (SSSR count). The van der Waals surface area contributed by atoms with E-state index < -0.39 is 0 Å². The van der Waals surface area contributed by atoms with Gasteiger partial charge in [-0.3, -0.25) is 0 Å². The van der Waals surface area contributed by atoms with Gasteiger partial charge in [0.25, 0.3) is 0 Å². The average Bonchev–Trinajstić information content (AvgIpc) is 2.63. The van der Waals surface area contributed by atoms with Gasteiger partial charge in [0.1, 0.15) is 11.4 Å². The van der Waals surface area contributed by atoms with Crippen LogP contribution >= 0.6 is 25.3 Å². The molecule has 0 N–H and O–H groups in total. The molecule has 0 atom stereocenters. The predicted octanol–water partition coefficient (Wildman–Crippen LogP) is 8.50. The zero-order valence-electron chi connectivity index (χ0n) is 19.2. The van der Waals surface area contributed by atoms with E-state index in [4.69, 9.17) is 4.74 Å². The number of allylic oxidation sites excluding steroid dienone is 4. The maximum absolute atomic E-state index is 6.58. The van der Waals surface area contributed by atoms with E-state index in [1.165, 1.54) is 0 Å². The van der Waals surface area contributed by atoms with Crippen LogP contribution in [0.5, 0.6) is 0 Å². The quantitative estimate of drug-likeness (QED) is 0.270. The smallest absolute Gasteiger partial charge is 0.131 e. The van der Waals surface area contributed by atoms with E-state index in [0.717, 1.165) is 43.4 Å². The molecule has 2 aromatic carbocycles. The van der Waals surface area contributed by atoms with E-state index in [-0.39, 0.29) is 11.0 Å². The van der Waals surface area contributed by atoms with Gasteiger partial charge in [-0.1, -0.05) is 51.6 Å². The maximum atomic E-state index is 6.58. The molecule has 0 unspecified atom stereocenters. The number of thiol groups is 2. The molecule has 1 nitrogen and oxygen atoms in total. The molecule has 0 spiro atoms. The molecule has 0 aliphatic heterocycles. The molecule has 0 radical (unpaired) electrons. The van der Waals surface area contributed by atoms with Crippen molar-refractivity contribution in [3.8, 4) is 0 Å². The zero-order chi connectivity index (χ0) is 22.7. The molecule has 0 fully saturated rings. The molecule has 0 aliphatic carbocycles. The largest absolute Gasteiger partial charge is 0.487 e. The van der Waals surface area contributed by atoms with Gasteiger partial charge in [0.05, 0.1) is 0 Å². The van der Waals surface area contributed by atoms with Gasteiger partial charge in [-0.2, -0.15) is 0 Å². The van der Waals surface area contributed by atoms with Crippen LogP contribution < -0.4 is 0 Å². The van der Waals surface area contributed by atoms with Gasteiger partial charge in [0.2, 0.25) is 0 Å². The highest BCUT2D eigenvalue weighted by molar-refractivity contribution is 7.80. The van der Waals surface area contributed by atoms with Gasteiger partial charge in [-0.25, -0.2) is 0 Å². The Kier molecular flexibility index (Phi) is 7.76. The van der Waals surface area contributed by atoms with Crippen LogP contribution in [-0.4, -0.2) is 5.60 Å². The molecule has 0 aromatic heterocycles. The molecule has 0 bridgehead atoms. The minimum absolute atomic E-state index is 0.0524. The predicted molar refractivity (Wildman–Crippen MR) is 137 cm³/mol. The maximum Gasteiger partial charge on any atom is 0.131 e. The summed E-state index contributed by atoms with van der Waals surface area (Å²) in [5.74, 6) is 0.853. The highest BCUT2D eigenvalue weighted by Gasteiger charge is 2.23. The number of rotatable bonds is 5. The van der Waals surface area contributed by atoms with Gasteiger partial charge in [-0.15, -0.1) is 25.3 Å². The van der Waals surface area contributed by atoms with E-state index in [0.29, 0.717) is 0 Å². The molecule has 160 valence electrons. The van der Waals surface area contributed by atoms with Crippen LogP contribution in [0.15, 0.2) is 82.3 Å². The topological polar surface area (TPSA) is 9.23 Å².